The molecule has 1 aliphatic heterocycles. The van der Waals surface area contributed by atoms with Gasteiger partial charge in [0.2, 0.25) is 0 Å². The number of carbonyl (C=O) groups is 1. The van der Waals surface area contributed by atoms with E-state index in [4.69, 9.17) is 4.74 Å². The van der Waals surface area contributed by atoms with Gasteiger partial charge in [0.25, 0.3) is 5.91 Å². The highest BCUT2D eigenvalue weighted by atomic mass is 16.5. The van der Waals surface area contributed by atoms with Crippen LogP contribution >= 0.6 is 0 Å². The number of aryl methyl sites for hydroxylation is 2. The molecule has 1 saturated carbocycles. The van der Waals surface area contributed by atoms with E-state index in [9.17, 15) is 4.79 Å². The van der Waals surface area contributed by atoms with Crippen molar-refractivity contribution in [2.24, 2.45) is 13.0 Å². The number of rotatable bonds is 6. The van der Waals surface area contributed by atoms with Crippen LogP contribution in [0, 0.1) is 12.8 Å². The molecular weight excluding hydrogens is 308 g/mol. The van der Waals surface area contributed by atoms with Gasteiger partial charge in [-0.3, -0.25) is 9.48 Å². The van der Waals surface area contributed by atoms with Crippen LogP contribution in [0.3, 0.4) is 0 Å². The van der Waals surface area contributed by atoms with E-state index in [0.717, 1.165) is 23.9 Å². The lowest BCUT2D eigenvalue weighted by Crippen LogP contribution is -2.51. The van der Waals surface area contributed by atoms with Crippen molar-refractivity contribution in [2.45, 2.75) is 32.4 Å². The molecule has 0 spiro atoms. The first kappa shape index (κ1) is 15.3. The molecule has 128 valence electrons. The van der Waals surface area contributed by atoms with Gasteiger partial charge < -0.3 is 9.64 Å². The Balaban J connectivity index is 1.28. The van der Waals surface area contributed by atoms with Crippen LogP contribution < -0.4 is 0 Å². The quantitative estimate of drug-likeness (QED) is 0.788. The molecule has 0 N–H and O–H groups in total. The monoisotopic (exact) mass is 330 g/mol. The first-order chi connectivity index (χ1) is 11.6. The molecule has 0 aromatic carbocycles. The molecule has 24 heavy (non-hydrogen) atoms. The summed E-state index contributed by atoms with van der Waals surface area (Å²) in [6.45, 7) is 4.55. The third kappa shape index (κ3) is 3.06. The highest BCUT2D eigenvalue weighted by Gasteiger charge is 2.34. The van der Waals surface area contributed by atoms with Gasteiger partial charge in [0.15, 0.2) is 5.69 Å². The summed E-state index contributed by atoms with van der Waals surface area (Å²) in [4.78, 5) is 14.2. The molecule has 8 heteroatoms. The summed E-state index contributed by atoms with van der Waals surface area (Å²) in [7, 11) is 1.84. The molecule has 4 rings (SSSR count). The Kier molecular flexibility index (Phi) is 3.84. The molecule has 2 fully saturated rings. The van der Waals surface area contributed by atoms with E-state index in [1.807, 2.05) is 30.9 Å². The average Bonchev–Trinajstić information content (AvgIpc) is 3.12. The zero-order valence-electron chi connectivity index (χ0n) is 14.1. The van der Waals surface area contributed by atoms with Crippen molar-refractivity contribution in [3.8, 4) is 0 Å². The molecule has 2 aromatic heterocycles. The lowest BCUT2D eigenvalue weighted by atomic mass is 10.1. The Labute approximate surface area is 140 Å². The van der Waals surface area contributed by atoms with Crippen molar-refractivity contribution in [3.63, 3.8) is 0 Å². The topological polar surface area (TPSA) is 78.1 Å². The normalized spacial score (nSPS) is 18.0. The van der Waals surface area contributed by atoms with Gasteiger partial charge in [-0.25, -0.2) is 4.68 Å². The van der Waals surface area contributed by atoms with Crippen molar-refractivity contribution >= 4 is 5.91 Å². The Morgan fingerprint density at radius 3 is 2.83 bits per heavy atom. The SMILES string of the molecule is Cc1cc(C(=O)N2CC(n3cc(COCC4CC4)nn3)C2)nn1C. The van der Waals surface area contributed by atoms with Gasteiger partial charge in [0.05, 0.1) is 18.8 Å². The van der Waals surface area contributed by atoms with Crippen molar-refractivity contribution in [2.75, 3.05) is 19.7 Å². The number of amides is 1. The van der Waals surface area contributed by atoms with Gasteiger partial charge in [-0.15, -0.1) is 5.10 Å². The van der Waals surface area contributed by atoms with Crippen molar-refractivity contribution in [3.05, 3.63) is 29.3 Å². The summed E-state index contributed by atoms with van der Waals surface area (Å²) in [5, 5.41) is 12.6. The summed E-state index contributed by atoms with van der Waals surface area (Å²) in [5.41, 5.74) is 2.32. The Bertz CT molecular complexity index is 722. The summed E-state index contributed by atoms with van der Waals surface area (Å²) in [6.07, 6.45) is 4.49. The lowest BCUT2D eigenvalue weighted by molar-refractivity contribution is 0.0491. The van der Waals surface area contributed by atoms with Crippen molar-refractivity contribution in [1.82, 2.24) is 29.7 Å². The number of aromatic nitrogens is 5. The van der Waals surface area contributed by atoms with E-state index in [1.165, 1.54) is 12.8 Å². The van der Waals surface area contributed by atoms with Crippen molar-refractivity contribution in [1.29, 1.82) is 0 Å². The standard InChI is InChI=1S/C16H22N6O2/c1-11-5-15(18-20(11)2)16(23)21-7-14(8-21)22-6-13(17-19-22)10-24-9-12-3-4-12/h5-6,12,14H,3-4,7-10H2,1-2H3. The van der Waals surface area contributed by atoms with Crippen LogP contribution in [0.15, 0.2) is 12.3 Å². The van der Waals surface area contributed by atoms with Crippen LogP contribution in [0.1, 0.15) is 40.8 Å². The lowest BCUT2D eigenvalue weighted by Gasteiger charge is -2.38. The van der Waals surface area contributed by atoms with Crippen LogP contribution in [-0.2, 0) is 18.4 Å². The third-order valence-corrected chi connectivity index (χ3v) is 4.71. The number of hydrogen-bond acceptors (Lipinski definition) is 5. The Morgan fingerprint density at radius 1 is 1.38 bits per heavy atom. The first-order valence-corrected chi connectivity index (χ1v) is 8.38. The zero-order chi connectivity index (χ0) is 16.7. The van der Waals surface area contributed by atoms with Crippen LogP contribution in [-0.4, -0.2) is 55.3 Å². The van der Waals surface area contributed by atoms with Gasteiger partial charge in [-0.1, -0.05) is 5.21 Å². The third-order valence-electron chi connectivity index (χ3n) is 4.71. The molecule has 1 saturated heterocycles. The van der Waals surface area contributed by atoms with E-state index in [0.29, 0.717) is 25.4 Å². The van der Waals surface area contributed by atoms with Gasteiger partial charge in [0, 0.05) is 32.4 Å². The summed E-state index contributed by atoms with van der Waals surface area (Å²) >= 11 is 0. The summed E-state index contributed by atoms with van der Waals surface area (Å²) in [5.74, 6) is 0.726. The largest absolute Gasteiger partial charge is 0.375 e. The van der Waals surface area contributed by atoms with E-state index < -0.39 is 0 Å². The molecule has 0 radical (unpaired) electrons. The molecule has 0 atom stereocenters. The number of ether oxygens (including phenoxy) is 1. The summed E-state index contributed by atoms with van der Waals surface area (Å²) in [6, 6.07) is 2.00. The van der Waals surface area contributed by atoms with E-state index in [2.05, 4.69) is 15.4 Å². The minimum Gasteiger partial charge on any atom is -0.375 e. The fourth-order valence-corrected chi connectivity index (χ4v) is 2.79. The fraction of sp³-hybridized carbons (Fsp3) is 0.625. The minimum atomic E-state index is -0.0249. The second-order valence-corrected chi connectivity index (χ2v) is 6.81. The average molecular weight is 330 g/mol. The van der Waals surface area contributed by atoms with Gasteiger partial charge in [0.1, 0.15) is 5.69 Å². The predicted octanol–water partition coefficient (Wildman–Crippen LogP) is 0.944. The molecule has 1 amide bonds. The van der Waals surface area contributed by atoms with Gasteiger partial charge in [-0.05, 0) is 31.7 Å². The van der Waals surface area contributed by atoms with E-state index in [1.54, 1.807) is 9.58 Å². The molecule has 0 unspecified atom stereocenters. The van der Waals surface area contributed by atoms with Gasteiger partial charge in [-0.2, -0.15) is 5.10 Å². The molecule has 1 aliphatic carbocycles. The predicted molar refractivity (Wildman–Crippen MR) is 85.3 cm³/mol. The molecule has 3 heterocycles. The summed E-state index contributed by atoms with van der Waals surface area (Å²) < 4.78 is 9.18. The zero-order valence-corrected chi connectivity index (χ0v) is 14.1. The second kappa shape index (κ2) is 6.01. The van der Waals surface area contributed by atoms with Gasteiger partial charge >= 0.3 is 0 Å². The van der Waals surface area contributed by atoms with Crippen LogP contribution in [0.4, 0.5) is 0 Å². The smallest absolute Gasteiger partial charge is 0.274 e. The molecule has 2 aliphatic rings. The first-order valence-electron chi connectivity index (χ1n) is 8.38. The van der Waals surface area contributed by atoms with Crippen LogP contribution in [0.25, 0.3) is 0 Å². The Hall–Kier alpha value is -2.22. The molecule has 0 bridgehead atoms. The Morgan fingerprint density at radius 2 is 2.17 bits per heavy atom. The number of likely N-dealkylation sites (tertiary alicyclic amines) is 1. The van der Waals surface area contributed by atoms with E-state index >= 15 is 0 Å². The number of carbonyl (C=O) groups excluding carboxylic acids is 1. The van der Waals surface area contributed by atoms with Crippen LogP contribution in [0.5, 0.6) is 0 Å². The highest BCUT2D eigenvalue weighted by molar-refractivity contribution is 5.93. The van der Waals surface area contributed by atoms with E-state index in [-0.39, 0.29) is 11.9 Å². The highest BCUT2D eigenvalue weighted by Crippen LogP contribution is 2.29. The van der Waals surface area contributed by atoms with Crippen LogP contribution in [0.2, 0.25) is 0 Å². The molecule has 8 nitrogen and oxygen atoms in total. The number of nitrogens with zero attached hydrogens (tertiary/aromatic N) is 6. The minimum absolute atomic E-state index is 0.0249. The maximum absolute atomic E-state index is 12.4. The molecule has 2 aromatic rings. The number of hydrogen-bond donors (Lipinski definition) is 0. The second-order valence-electron chi connectivity index (χ2n) is 6.81. The maximum atomic E-state index is 12.4. The van der Waals surface area contributed by atoms with Crippen molar-refractivity contribution < 1.29 is 9.53 Å². The fourth-order valence-electron chi connectivity index (χ4n) is 2.79. The maximum Gasteiger partial charge on any atom is 0.274 e. The molecular formula is C16H22N6O2.